The maximum atomic E-state index is 12.0. The lowest BCUT2D eigenvalue weighted by atomic mass is 10.2. The minimum absolute atomic E-state index is 0.140. The molecule has 1 aromatic heterocycles. The van der Waals surface area contributed by atoms with Gasteiger partial charge < -0.3 is 9.90 Å². The highest BCUT2D eigenvalue weighted by Gasteiger charge is 2.07. The predicted octanol–water partition coefficient (Wildman–Crippen LogP) is -0.384. The van der Waals surface area contributed by atoms with Crippen molar-refractivity contribution in [2.45, 2.75) is 12.8 Å². The first kappa shape index (κ1) is 11.3. The number of fused-ring (bicyclic) bond motifs is 1. The molecule has 0 aliphatic rings. The minimum Gasteiger partial charge on any atom is -0.550 e. The number of benzene rings is 1. The molecule has 0 aliphatic carbocycles. The summed E-state index contributed by atoms with van der Waals surface area (Å²) >= 11 is 0. The summed E-state index contributed by atoms with van der Waals surface area (Å²) in [6, 6.07) is 7.00. The molecule has 17 heavy (non-hydrogen) atoms. The summed E-state index contributed by atoms with van der Waals surface area (Å²) in [4.78, 5) is 26.6. The first-order valence-corrected chi connectivity index (χ1v) is 5.24. The molecule has 0 spiro atoms. The molecule has 0 N–H and O–H groups in total. The van der Waals surface area contributed by atoms with Crippen molar-refractivity contribution in [3.05, 3.63) is 40.4 Å². The van der Waals surface area contributed by atoms with Gasteiger partial charge in [0, 0.05) is 19.4 Å². The molecule has 5 nitrogen and oxygen atoms in total. The number of aromatic nitrogens is 2. The SMILES string of the molecule is Cn1c(CCC(=O)[O-])nc2ccccc2c1=O. The zero-order chi connectivity index (χ0) is 12.4. The zero-order valence-corrected chi connectivity index (χ0v) is 9.34. The number of hydrogen-bond donors (Lipinski definition) is 0. The van der Waals surface area contributed by atoms with Crippen LogP contribution < -0.4 is 10.7 Å². The third kappa shape index (κ3) is 2.18. The lowest BCUT2D eigenvalue weighted by molar-refractivity contribution is -0.305. The maximum absolute atomic E-state index is 12.0. The number of carboxylic acid groups (broad SMARTS) is 1. The Balaban J connectivity index is 2.54. The van der Waals surface area contributed by atoms with Crippen molar-refractivity contribution in [3.63, 3.8) is 0 Å². The van der Waals surface area contributed by atoms with Gasteiger partial charge in [-0.1, -0.05) is 12.1 Å². The topological polar surface area (TPSA) is 75.0 Å². The van der Waals surface area contributed by atoms with Gasteiger partial charge in [-0.2, -0.15) is 0 Å². The standard InChI is InChI=1S/C12H12N2O3/c1-14-10(6-7-11(15)16)13-9-5-3-2-4-8(9)12(14)17/h2-5H,6-7H2,1H3,(H,15,16)/p-1. The fourth-order valence-electron chi connectivity index (χ4n) is 1.70. The Morgan fingerprint density at radius 1 is 1.41 bits per heavy atom. The van der Waals surface area contributed by atoms with Gasteiger partial charge in [0.25, 0.3) is 5.56 Å². The molecule has 0 bridgehead atoms. The Morgan fingerprint density at radius 3 is 2.82 bits per heavy atom. The summed E-state index contributed by atoms with van der Waals surface area (Å²) < 4.78 is 1.38. The fraction of sp³-hybridized carbons (Fsp3) is 0.250. The summed E-state index contributed by atoms with van der Waals surface area (Å²) in [5.74, 6) is -0.690. The van der Waals surface area contributed by atoms with Crippen molar-refractivity contribution < 1.29 is 9.90 Å². The molecule has 0 fully saturated rings. The number of nitrogens with zero attached hydrogens (tertiary/aromatic N) is 2. The van der Waals surface area contributed by atoms with Crippen molar-refractivity contribution in [1.29, 1.82) is 0 Å². The highest BCUT2D eigenvalue weighted by atomic mass is 16.4. The average molecular weight is 231 g/mol. The fourth-order valence-corrected chi connectivity index (χ4v) is 1.70. The molecule has 0 amide bonds. The minimum atomic E-state index is -1.15. The van der Waals surface area contributed by atoms with Gasteiger partial charge in [0.05, 0.1) is 10.9 Å². The summed E-state index contributed by atoms with van der Waals surface area (Å²) in [6.07, 6.45) is 0.0531. The average Bonchev–Trinajstić information content (AvgIpc) is 2.32. The molecule has 2 rings (SSSR count). The molecule has 1 heterocycles. The molecule has 0 atom stereocenters. The largest absolute Gasteiger partial charge is 0.550 e. The third-order valence-corrected chi connectivity index (χ3v) is 2.63. The number of carbonyl (C=O) groups excluding carboxylic acids is 1. The van der Waals surface area contributed by atoms with Crippen molar-refractivity contribution in [3.8, 4) is 0 Å². The van der Waals surface area contributed by atoms with Crippen LogP contribution in [0.5, 0.6) is 0 Å². The molecular weight excluding hydrogens is 220 g/mol. The number of para-hydroxylation sites is 1. The van der Waals surface area contributed by atoms with E-state index in [1.807, 2.05) is 0 Å². The lowest BCUT2D eigenvalue weighted by Gasteiger charge is -2.09. The van der Waals surface area contributed by atoms with Gasteiger partial charge in [0.1, 0.15) is 5.82 Å². The molecule has 2 aromatic rings. The lowest BCUT2D eigenvalue weighted by Crippen LogP contribution is -2.26. The van der Waals surface area contributed by atoms with Crippen molar-refractivity contribution >= 4 is 16.9 Å². The van der Waals surface area contributed by atoms with Crippen LogP contribution in [-0.4, -0.2) is 15.5 Å². The summed E-state index contributed by atoms with van der Waals surface area (Å²) in [6.45, 7) is 0. The molecule has 0 saturated heterocycles. The Morgan fingerprint density at radius 2 is 2.12 bits per heavy atom. The first-order chi connectivity index (χ1) is 8.09. The number of aliphatic carboxylic acids is 1. The molecule has 88 valence electrons. The number of hydrogen-bond acceptors (Lipinski definition) is 4. The van der Waals surface area contributed by atoms with E-state index in [1.54, 1.807) is 31.3 Å². The van der Waals surface area contributed by atoms with E-state index in [2.05, 4.69) is 4.98 Å². The third-order valence-electron chi connectivity index (χ3n) is 2.63. The Bertz CT molecular complexity index is 631. The van der Waals surface area contributed by atoms with Gasteiger partial charge in [-0.25, -0.2) is 4.98 Å². The van der Waals surface area contributed by atoms with E-state index in [0.29, 0.717) is 16.7 Å². The second-order valence-corrected chi connectivity index (χ2v) is 3.78. The van der Waals surface area contributed by atoms with Crippen LogP contribution in [0.1, 0.15) is 12.2 Å². The van der Waals surface area contributed by atoms with E-state index in [4.69, 9.17) is 0 Å². The predicted molar refractivity (Wildman–Crippen MR) is 60.3 cm³/mol. The summed E-state index contributed by atoms with van der Waals surface area (Å²) in [5, 5.41) is 10.9. The van der Waals surface area contributed by atoms with Gasteiger partial charge in [-0.3, -0.25) is 9.36 Å². The quantitative estimate of drug-likeness (QED) is 0.721. The van der Waals surface area contributed by atoms with Gasteiger partial charge in [-0.05, 0) is 18.6 Å². The Kier molecular flexibility index (Phi) is 2.91. The van der Waals surface area contributed by atoms with Crippen LogP contribution in [0.3, 0.4) is 0 Å². The van der Waals surface area contributed by atoms with E-state index in [-0.39, 0.29) is 18.4 Å². The summed E-state index contributed by atoms with van der Waals surface area (Å²) in [5.41, 5.74) is 0.424. The van der Waals surface area contributed by atoms with Gasteiger partial charge >= 0.3 is 0 Å². The number of carboxylic acids is 1. The normalized spacial score (nSPS) is 10.6. The first-order valence-electron chi connectivity index (χ1n) is 5.24. The van der Waals surface area contributed by atoms with E-state index < -0.39 is 5.97 Å². The number of rotatable bonds is 3. The van der Waals surface area contributed by atoms with Crippen molar-refractivity contribution in [2.75, 3.05) is 0 Å². The Hall–Kier alpha value is -2.17. The summed E-state index contributed by atoms with van der Waals surface area (Å²) in [7, 11) is 1.59. The maximum Gasteiger partial charge on any atom is 0.261 e. The van der Waals surface area contributed by atoms with Crippen LogP contribution in [0.15, 0.2) is 29.1 Å². The molecule has 0 radical (unpaired) electrons. The molecule has 0 aliphatic heterocycles. The highest BCUT2D eigenvalue weighted by Crippen LogP contribution is 2.08. The Labute approximate surface area is 97.3 Å². The second-order valence-electron chi connectivity index (χ2n) is 3.78. The van der Waals surface area contributed by atoms with E-state index in [1.165, 1.54) is 4.57 Å². The molecule has 5 heteroatoms. The van der Waals surface area contributed by atoms with Crippen LogP contribution in [0.2, 0.25) is 0 Å². The zero-order valence-electron chi connectivity index (χ0n) is 9.34. The highest BCUT2D eigenvalue weighted by molar-refractivity contribution is 5.77. The molecule has 0 saturated carbocycles. The van der Waals surface area contributed by atoms with Gasteiger partial charge in [0.2, 0.25) is 0 Å². The van der Waals surface area contributed by atoms with Crippen molar-refractivity contribution in [2.24, 2.45) is 7.05 Å². The van der Waals surface area contributed by atoms with Crippen LogP contribution >= 0.6 is 0 Å². The van der Waals surface area contributed by atoms with Crippen LogP contribution in [0.25, 0.3) is 10.9 Å². The smallest absolute Gasteiger partial charge is 0.261 e. The number of carbonyl (C=O) groups is 1. The molecule has 1 aromatic carbocycles. The monoisotopic (exact) mass is 231 g/mol. The molecular formula is C12H11N2O3-. The van der Waals surface area contributed by atoms with Gasteiger partial charge in [-0.15, -0.1) is 0 Å². The van der Waals surface area contributed by atoms with Crippen LogP contribution in [0, 0.1) is 0 Å². The van der Waals surface area contributed by atoms with Crippen LogP contribution in [0.4, 0.5) is 0 Å². The van der Waals surface area contributed by atoms with Crippen LogP contribution in [-0.2, 0) is 18.3 Å². The van der Waals surface area contributed by atoms with Gasteiger partial charge in [0.15, 0.2) is 0 Å². The van der Waals surface area contributed by atoms with E-state index in [9.17, 15) is 14.7 Å². The number of aryl methyl sites for hydroxylation is 1. The van der Waals surface area contributed by atoms with E-state index in [0.717, 1.165) is 0 Å². The second kappa shape index (κ2) is 4.37. The molecule has 0 unspecified atom stereocenters. The van der Waals surface area contributed by atoms with Crippen molar-refractivity contribution in [1.82, 2.24) is 9.55 Å². The van der Waals surface area contributed by atoms with E-state index >= 15 is 0 Å².